The Morgan fingerprint density at radius 3 is 2.74 bits per heavy atom. The van der Waals surface area contributed by atoms with Gasteiger partial charge in [-0.1, -0.05) is 47.4 Å². The Hall–Kier alpha value is -2.45. The standard InChI is InChI=1S/C27H31N4OS2/c1-3-30-20-10-5-7-12-22(20)33-24(30)16-18-26(29-15-9-14-28)19(27(18)32)17-25-31(4-2)21-11-6-8-13-23(21)34-25/h5-8,10-13,16-18,27,32H,3-4,9,14-15,28H2,1-2H3/q+1. The predicted octanol–water partition coefficient (Wildman–Crippen LogP) is 4.85. The molecule has 3 N–H and O–H groups in total. The van der Waals surface area contributed by atoms with E-state index in [4.69, 9.17) is 10.7 Å². The molecule has 3 aromatic rings. The van der Waals surface area contributed by atoms with E-state index in [0.29, 0.717) is 13.1 Å². The number of hydrogen-bond acceptors (Lipinski definition) is 6. The zero-order valence-corrected chi connectivity index (χ0v) is 21.3. The number of para-hydroxylation sites is 2. The summed E-state index contributed by atoms with van der Waals surface area (Å²) in [6, 6.07) is 17.0. The lowest BCUT2D eigenvalue weighted by molar-refractivity contribution is -0.665. The van der Waals surface area contributed by atoms with Gasteiger partial charge >= 0.3 is 0 Å². The summed E-state index contributed by atoms with van der Waals surface area (Å²) in [6.45, 7) is 7.40. The van der Waals surface area contributed by atoms with Crippen LogP contribution in [0.3, 0.4) is 0 Å². The molecule has 0 spiro atoms. The number of aromatic nitrogens is 1. The molecule has 0 radical (unpaired) electrons. The molecule has 34 heavy (non-hydrogen) atoms. The van der Waals surface area contributed by atoms with Gasteiger partial charge in [0, 0.05) is 35.7 Å². The number of aliphatic hydroxyl groups excluding tert-OH is 1. The number of rotatable bonds is 7. The summed E-state index contributed by atoms with van der Waals surface area (Å²) < 4.78 is 3.56. The van der Waals surface area contributed by atoms with Crippen molar-refractivity contribution in [1.29, 1.82) is 0 Å². The van der Waals surface area contributed by atoms with Crippen LogP contribution in [-0.4, -0.2) is 36.6 Å². The SMILES string of the molecule is CCN1C(=CC2C(=NCCCN)C(=Cc3sc4ccccc4[n+]3CC)C2O)Sc2ccccc21. The normalized spacial score (nSPS) is 23.3. The third-order valence-corrected chi connectivity index (χ3v) is 8.66. The maximum Gasteiger partial charge on any atom is 0.263 e. The van der Waals surface area contributed by atoms with Gasteiger partial charge < -0.3 is 15.7 Å². The van der Waals surface area contributed by atoms with Crippen LogP contribution in [0, 0.1) is 5.92 Å². The third kappa shape index (κ3) is 4.11. The fourth-order valence-corrected chi connectivity index (χ4v) is 7.07. The smallest absolute Gasteiger partial charge is 0.263 e. The molecule has 2 unspecified atom stereocenters. The van der Waals surface area contributed by atoms with Crippen LogP contribution in [-0.2, 0) is 6.54 Å². The van der Waals surface area contributed by atoms with E-state index in [1.54, 1.807) is 23.1 Å². The number of aliphatic imine (C=N–C) groups is 1. The van der Waals surface area contributed by atoms with Crippen LogP contribution in [0.2, 0.25) is 0 Å². The average Bonchev–Trinajstić information content (AvgIpc) is 3.41. The second-order valence-electron chi connectivity index (χ2n) is 8.45. The van der Waals surface area contributed by atoms with Gasteiger partial charge in [0.05, 0.1) is 28.5 Å². The van der Waals surface area contributed by atoms with Gasteiger partial charge in [-0.2, -0.15) is 4.57 Å². The number of aliphatic hydroxyl groups is 1. The van der Waals surface area contributed by atoms with Crippen molar-refractivity contribution in [2.75, 3.05) is 24.5 Å². The van der Waals surface area contributed by atoms with Gasteiger partial charge in [0.15, 0.2) is 0 Å². The largest absolute Gasteiger partial charge is 0.387 e. The number of nitrogens with two attached hydrogens (primary N) is 1. The van der Waals surface area contributed by atoms with Crippen molar-refractivity contribution in [3.63, 3.8) is 0 Å². The van der Waals surface area contributed by atoms with E-state index >= 15 is 0 Å². The van der Waals surface area contributed by atoms with Crippen molar-refractivity contribution in [3.05, 3.63) is 70.2 Å². The lowest BCUT2D eigenvalue weighted by Gasteiger charge is -2.36. The minimum absolute atomic E-state index is 0.112. The first-order valence-electron chi connectivity index (χ1n) is 12.0. The van der Waals surface area contributed by atoms with Crippen LogP contribution < -0.4 is 15.2 Å². The lowest BCUT2D eigenvalue weighted by Crippen LogP contribution is -2.45. The van der Waals surface area contributed by atoms with Crippen LogP contribution in [0.5, 0.6) is 0 Å². The molecule has 5 nitrogen and oxygen atoms in total. The van der Waals surface area contributed by atoms with E-state index in [2.05, 4.69) is 84.0 Å². The van der Waals surface area contributed by atoms with E-state index in [9.17, 15) is 5.11 Å². The topological polar surface area (TPSA) is 65.7 Å². The molecule has 1 aliphatic carbocycles. The van der Waals surface area contributed by atoms with E-state index in [1.165, 1.54) is 25.8 Å². The van der Waals surface area contributed by atoms with Crippen molar-refractivity contribution in [2.24, 2.45) is 16.6 Å². The van der Waals surface area contributed by atoms with E-state index < -0.39 is 6.10 Å². The van der Waals surface area contributed by atoms with Crippen molar-refractivity contribution in [2.45, 2.75) is 37.8 Å². The lowest BCUT2D eigenvalue weighted by atomic mass is 9.74. The average molecular weight is 492 g/mol. The first-order valence-corrected chi connectivity index (χ1v) is 13.6. The molecule has 2 aliphatic rings. The molecule has 1 aromatic heterocycles. The summed E-state index contributed by atoms with van der Waals surface area (Å²) in [5.41, 5.74) is 10.1. The Morgan fingerprint density at radius 2 is 1.94 bits per heavy atom. The zero-order chi connectivity index (χ0) is 23.7. The summed E-state index contributed by atoms with van der Waals surface area (Å²) in [5, 5.41) is 13.6. The van der Waals surface area contributed by atoms with Crippen LogP contribution in [0.25, 0.3) is 16.3 Å². The number of anilines is 1. The van der Waals surface area contributed by atoms with Gasteiger partial charge in [0.1, 0.15) is 11.2 Å². The Bertz CT molecular complexity index is 1290. The highest BCUT2D eigenvalue weighted by Gasteiger charge is 2.42. The van der Waals surface area contributed by atoms with Crippen molar-refractivity contribution in [1.82, 2.24) is 0 Å². The molecular formula is C27H31N4OS2+. The minimum atomic E-state index is -0.567. The van der Waals surface area contributed by atoms with Crippen molar-refractivity contribution in [3.8, 4) is 0 Å². The number of thiazole rings is 1. The molecule has 2 heterocycles. The second-order valence-corrected chi connectivity index (χ2v) is 10.6. The molecule has 1 saturated carbocycles. The maximum atomic E-state index is 11.3. The molecule has 7 heteroatoms. The van der Waals surface area contributed by atoms with Crippen LogP contribution in [0.1, 0.15) is 25.3 Å². The van der Waals surface area contributed by atoms with Crippen LogP contribution >= 0.6 is 23.1 Å². The molecule has 5 rings (SSSR count). The highest BCUT2D eigenvalue weighted by atomic mass is 32.2. The highest BCUT2D eigenvalue weighted by molar-refractivity contribution is 8.03. The third-order valence-electron chi connectivity index (χ3n) is 6.42. The van der Waals surface area contributed by atoms with E-state index in [0.717, 1.165) is 35.8 Å². The molecule has 0 saturated heterocycles. The monoisotopic (exact) mass is 491 g/mol. The maximum absolute atomic E-state index is 11.3. The molecule has 0 bridgehead atoms. The van der Waals surface area contributed by atoms with E-state index in [1.807, 2.05) is 0 Å². The first kappa shape index (κ1) is 23.3. The minimum Gasteiger partial charge on any atom is -0.387 e. The van der Waals surface area contributed by atoms with Gasteiger partial charge in [-0.05, 0) is 51.1 Å². The van der Waals surface area contributed by atoms with E-state index in [-0.39, 0.29) is 5.92 Å². The van der Waals surface area contributed by atoms with Crippen molar-refractivity contribution >= 4 is 50.8 Å². The number of benzene rings is 2. The Labute approximate surface area is 209 Å². The summed E-state index contributed by atoms with van der Waals surface area (Å²) in [6.07, 6.45) is 4.62. The quantitative estimate of drug-likeness (QED) is 0.366. The molecule has 176 valence electrons. The number of aryl methyl sites for hydroxylation is 1. The number of thioether (sulfide) groups is 1. The highest BCUT2D eigenvalue weighted by Crippen LogP contribution is 2.47. The summed E-state index contributed by atoms with van der Waals surface area (Å²) >= 11 is 3.53. The first-order chi connectivity index (χ1) is 16.7. The van der Waals surface area contributed by atoms with Gasteiger partial charge in [-0.25, -0.2) is 0 Å². The van der Waals surface area contributed by atoms with Crippen molar-refractivity contribution < 1.29 is 9.67 Å². The summed E-state index contributed by atoms with van der Waals surface area (Å²) in [4.78, 5) is 8.49. The zero-order valence-electron chi connectivity index (χ0n) is 19.6. The number of hydrogen-bond donors (Lipinski definition) is 2. The molecule has 1 aliphatic heterocycles. The molecule has 0 amide bonds. The second kappa shape index (κ2) is 10.0. The van der Waals surface area contributed by atoms with Gasteiger partial charge in [0.2, 0.25) is 5.52 Å². The van der Waals surface area contributed by atoms with Crippen LogP contribution in [0.15, 0.2) is 75.1 Å². The number of fused-ring (bicyclic) bond motifs is 2. The number of nitrogens with zero attached hydrogens (tertiary/aromatic N) is 3. The summed E-state index contributed by atoms with van der Waals surface area (Å²) in [5.74, 6) is -0.112. The molecule has 1 fully saturated rings. The fraction of sp³-hybridized carbons (Fsp3) is 0.333. The molecule has 2 atom stereocenters. The fourth-order valence-electron chi connectivity index (χ4n) is 4.68. The Morgan fingerprint density at radius 1 is 1.15 bits per heavy atom. The van der Waals surface area contributed by atoms with Gasteiger partial charge in [0.25, 0.3) is 5.01 Å². The Balaban J connectivity index is 1.50. The molecular weight excluding hydrogens is 460 g/mol. The molecule has 2 aromatic carbocycles. The van der Waals surface area contributed by atoms with Crippen LogP contribution in [0.4, 0.5) is 5.69 Å². The predicted molar refractivity (Wildman–Crippen MR) is 145 cm³/mol. The summed E-state index contributed by atoms with van der Waals surface area (Å²) in [7, 11) is 0. The Kier molecular flexibility index (Phi) is 6.88. The van der Waals surface area contributed by atoms with Gasteiger partial charge in [-0.15, -0.1) is 0 Å². The van der Waals surface area contributed by atoms with Gasteiger partial charge in [-0.3, -0.25) is 4.99 Å².